The molecule has 0 saturated carbocycles. The standard InChI is InChI=1S/C29H36N2O3/c1-6-8-11-27(21(3)4)28(32)24-14-12-22(13-15-24)23-16-18-26(19-17-23)31-29(33)30-25(7-2)10-9-20-34-5/h7,9-10,12-21,27H,2,6,8,11H2,1,3-5H3,(H2,30,31,33)/b20-9+,25-10+. The van der Waals surface area contributed by atoms with Crippen LogP contribution in [0.25, 0.3) is 11.1 Å². The van der Waals surface area contributed by atoms with Crippen molar-refractivity contribution in [2.75, 3.05) is 12.4 Å². The number of unbranched alkanes of at least 4 members (excludes halogenated alkanes) is 1. The average Bonchev–Trinajstić information content (AvgIpc) is 2.84. The van der Waals surface area contributed by atoms with Crippen LogP contribution >= 0.6 is 0 Å². The summed E-state index contributed by atoms with van der Waals surface area (Å²) in [7, 11) is 1.55. The number of anilines is 1. The molecule has 0 bridgehead atoms. The lowest BCUT2D eigenvalue weighted by atomic mass is 9.84. The van der Waals surface area contributed by atoms with Crippen LogP contribution in [0.15, 0.2) is 85.3 Å². The summed E-state index contributed by atoms with van der Waals surface area (Å²) in [5.41, 5.74) is 4.00. The number of rotatable bonds is 12. The minimum atomic E-state index is -0.365. The molecule has 34 heavy (non-hydrogen) atoms. The summed E-state index contributed by atoms with van der Waals surface area (Å²) >= 11 is 0. The Kier molecular flexibility index (Phi) is 10.8. The highest BCUT2D eigenvalue weighted by Crippen LogP contribution is 2.26. The number of carbonyl (C=O) groups excluding carboxylic acids is 2. The molecule has 0 saturated heterocycles. The molecule has 0 radical (unpaired) electrons. The Bertz CT molecular complexity index is 1000. The molecule has 1 atom stereocenters. The predicted molar refractivity (Wildman–Crippen MR) is 141 cm³/mol. The molecule has 2 aromatic carbocycles. The van der Waals surface area contributed by atoms with E-state index in [2.05, 4.69) is 38.0 Å². The lowest BCUT2D eigenvalue weighted by molar-refractivity contribution is 0.0875. The van der Waals surface area contributed by atoms with E-state index in [4.69, 9.17) is 4.74 Å². The van der Waals surface area contributed by atoms with Gasteiger partial charge in [-0.1, -0.05) is 76.6 Å². The molecule has 2 N–H and O–H groups in total. The van der Waals surface area contributed by atoms with Crippen molar-refractivity contribution in [2.24, 2.45) is 11.8 Å². The van der Waals surface area contributed by atoms with Crippen molar-refractivity contribution in [3.8, 4) is 11.1 Å². The summed E-state index contributed by atoms with van der Waals surface area (Å²) in [6, 6.07) is 15.0. The number of Topliss-reactive ketones (excluding diaryl/α,β-unsaturated/α-hetero) is 1. The van der Waals surface area contributed by atoms with Crippen molar-refractivity contribution in [2.45, 2.75) is 40.0 Å². The van der Waals surface area contributed by atoms with E-state index in [1.54, 1.807) is 25.3 Å². The number of hydrogen-bond acceptors (Lipinski definition) is 3. The number of amides is 2. The first-order chi connectivity index (χ1) is 16.4. The second-order valence-corrected chi connectivity index (χ2v) is 8.48. The lowest BCUT2D eigenvalue weighted by Crippen LogP contribution is -2.27. The number of urea groups is 1. The van der Waals surface area contributed by atoms with E-state index in [1.807, 2.05) is 48.5 Å². The molecule has 0 aromatic heterocycles. The van der Waals surface area contributed by atoms with Gasteiger partial charge in [0.15, 0.2) is 5.78 Å². The van der Waals surface area contributed by atoms with Crippen LogP contribution in [0.1, 0.15) is 50.4 Å². The minimum Gasteiger partial charge on any atom is -0.504 e. The van der Waals surface area contributed by atoms with Gasteiger partial charge in [-0.15, -0.1) is 0 Å². The van der Waals surface area contributed by atoms with Crippen LogP contribution < -0.4 is 10.6 Å². The topological polar surface area (TPSA) is 67.4 Å². The van der Waals surface area contributed by atoms with Crippen molar-refractivity contribution in [3.05, 3.63) is 90.9 Å². The Balaban J connectivity index is 2.03. The van der Waals surface area contributed by atoms with E-state index in [0.717, 1.165) is 36.0 Å². The minimum absolute atomic E-state index is 0.0646. The van der Waals surface area contributed by atoms with Crippen molar-refractivity contribution in [3.63, 3.8) is 0 Å². The second kappa shape index (κ2) is 13.8. The summed E-state index contributed by atoms with van der Waals surface area (Å²) in [5.74, 6) is 0.622. The monoisotopic (exact) mass is 460 g/mol. The van der Waals surface area contributed by atoms with E-state index >= 15 is 0 Å². The Hall–Kier alpha value is -3.60. The molecule has 0 aliphatic carbocycles. The summed E-state index contributed by atoms with van der Waals surface area (Å²) in [6.45, 7) is 10.1. The highest BCUT2D eigenvalue weighted by atomic mass is 16.5. The van der Waals surface area contributed by atoms with Gasteiger partial charge in [-0.05, 0) is 53.8 Å². The van der Waals surface area contributed by atoms with Crippen LogP contribution in [0.3, 0.4) is 0 Å². The molecule has 2 amide bonds. The third kappa shape index (κ3) is 8.07. The first kappa shape index (κ1) is 26.7. The average molecular weight is 461 g/mol. The van der Waals surface area contributed by atoms with Crippen molar-refractivity contribution >= 4 is 17.5 Å². The maximum absolute atomic E-state index is 13.0. The predicted octanol–water partition coefficient (Wildman–Crippen LogP) is 7.35. The number of carbonyl (C=O) groups is 2. The van der Waals surface area contributed by atoms with Crippen molar-refractivity contribution in [1.29, 1.82) is 0 Å². The molecule has 5 heteroatoms. The summed E-state index contributed by atoms with van der Waals surface area (Å²) < 4.78 is 4.83. The fourth-order valence-electron chi connectivity index (χ4n) is 3.65. The first-order valence-electron chi connectivity index (χ1n) is 11.7. The zero-order chi connectivity index (χ0) is 24.9. The van der Waals surface area contributed by atoms with E-state index in [1.165, 1.54) is 6.26 Å². The molecule has 0 heterocycles. The van der Waals surface area contributed by atoms with Gasteiger partial charge in [-0.3, -0.25) is 4.79 Å². The van der Waals surface area contributed by atoms with Gasteiger partial charge < -0.3 is 15.4 Å². The van der Waals surface area contributed by atoms with Gasteiger partial charge in [0.05, 0.1) is 13.4 Å². The van der Waals surface area contributed by atoms with Crippen molar-refractivity contribution in [1.82, 2.24) is 5.32 Å². The lowest BCUT2D eigenvalue weighted by Gasteiger charge is -2.19. The smallest absolute Gasteiger partial charge is 0.323 e. The molecular weight excluding hydrogens is 424 g/mol. The number of allylic oxidation sites excluding steroid dienone is 3. The van der Waals surface area contributed by atoms with E-state index in [9.17, 15) is 9.59 Å². The molecule has 1 unspecified atom stereocenters. The fourth-order valence-corrected chi connectivity index (χ4v) is 3.65. The molecule has 2 aromatic rings. The largest absolute Gasteiger partial charge is 0.504 e. The quantitative estimate of drug-likeness (QED) is 0.198. The van der Waals surface area contributed by atoms with E-state index in [-0.39, 0.29) is 17.7 Å². The Morgan fingerprint density at radius 1 is 1.03 bits per heavy atom. The molecule has 0 aliphatic heterocycles. The fraction of sp³-hybridized carbons (Fsp3) is 0.310. The molecule has 0 aliphatic rings. The number of ether oxygens (including phenoxy) is 1. The zero-order valence-corrected chi connectivity index (χ0v) is 20.6. The van der Waals surface area contributed by atoms with E-state index in [0.29, 0.717) is 17.3 Å². The first-order valence-corrected chi connectivity index (χ1v) is 11.7. The SMILES string of the molecule is C=C/C(=C\C=C\OC)NC(=O)Nc1ccc(-c2ccc(C(=O)C(CCCC)C(C)C)cc2)cc1. The third-order valence-corrected chi connectivity index (χ3v) is 5.62. The number of methoxy groups -OCH3 is 1. The Morgan fingerprint density at radius 3 is 2.18 bits per heavy atom. The normalized spacial score (nSPS) is 12.4. The summed E-state index contributed by atoms with van der Waals surface area (Å²) in [6.07, 6.45) is 9.50. The van der Waals surface area contributed by atoms with Crippen LogP contribution in [0.5, 0.6) is 0 Å². The van der Waals surface area contributed by atoms with Gasteiger partial charge in [0.25, 0.3) is 0 Å². The molecular formula is C29H36N2O3. The number of hydrogen-bond donors (Lipinski definition) is 2. The highest BCUT2D eigenvalue weighted by Gasteiger charge is 2.22. The van der Waals surface area contributed by atoms with Gasteiger partial charge in [-0.2, -0.15) is 0 Å². The molecule has 0 fully saturated rings. The zero-order valence-electron chi connectivity index (χ0n) is 20.6. The van der Waals surface area contributed by atoms with Crippen LogP contribution in [-0.2, 0) is 4.74 Å². The van der Waals surface area contributed by atoms with Crippen LogP contribution in [0, 0.1) is 11.8 Å². The number of ketones is 1. The molecule has 2 rings (SSSR count). The van der Waals surface area contributed by atoms with Crippen LogP contribution in [0.2, 0.25) is 0 Å². The maximum Gasteiger partial charge on any atom is 0.323 e. The molecule has 180 valence electrons. The van der Waals surface area contributed by atoms with Crippen LogP contribution in [0.4, 0.5) is 10.5 Å². The van der Waals surface area contributed by atoms with Gasteiger partial charge >= 0.3 is 6.03 Å². The van der Waals surface area contributed by atoms with Crippen molar-refractivity contribution < 1.29 is 14.3 Å². The number of nitrogens with one attached hydrogen (secondary N) is 2. The van der Waals surface area contributed by atoms with Gasteiger partial charge in [0.2, 0.25) is 0 Å². The maximum atomic E-state index is 13.0. The molecule has 5 nitrogen and oxygen atoms in total. The van der Waals surface area contributed by atoms with E-state index < -0.39 is 0 Å². The molecule has 0 spiro atoms. The Morgan fingerprint density at radius 2 is 1.65 bits per heavy atom. The Labute approximate surface area is 203 Å². The van der Waals surface area contributed by atoms with Gasteiger partial charge in [0.1, 0.15) is 0 Å². The van der Waals surface area contributed by atoms with Gasteiger partial charge in [-0.25, -0.2) is 4.79 Å². The highest BCUT2D eigenvalue weighted by molar-refractivity contribution is 5.98. The van der Waals surface area contributed by atoms with Gasteiger partial charge in [0, 0.05) is 22.9 Å². The summed E-state index contributed by atoms with van der Waals surface area (Å²) in [5, 5.41) is 5.52. The third-order valence-electron chi connectivity index (χ3n) is 5.62. The van der Waals surface area contributed by atoms with Crippen LogP contribution in [-0.4, -0.2) is 18.9 Å². The second-order valence-electron chi connectivity index (χ2n) is 8.48. The summed E-state index contributed by atoms with van der Waals surface area (Å²) in [4.78, 5) is 25.2. The number of benzene rings is 2.